The first-order valence-electron chi connectivity index (χ1n) is 39.5. The first-order valence-corrected chi connectivity index (χ1v) is 40.6. The lowest BCUT2D eigenvalue weighted by Crippen LogP contribution is -2.65. The molecule has 18 unspecified atom stereocenters. The highest BCUT2D eigenvalue weighted by atomic mass is 35.5. The number of hydrogen-bond acceptors (Lipinski definition) is 30. The quantitative estimate of drug-likeness (QED) is 0.0306. The molecular formula is C82H92Cl3FN14O26. The Kier molecular flexibility index (Phi) is 29.7. The smallest absolute Gasteiger partial charge is 0.349 e. The molecule has 674 valence electrons. The van der Waals surface area contributed by atoms with Crippen molar-refractivity contribution >= 4 is 93.8 Å². The molecule has 40 nitrogen and oxygen atoms in total. The van der Waals surface area contributed by atoms with E-state index in [2.05, 4.69) is 63.7 Å². The van der Waals surface area contributed by atoms with Crippen LogP contribution in [0.2, 0.25) is 15.1 Å². The molecule has 11 bridgehead atoms. The molecule has 23 N–H and O–H groups in total. The zero-order chi connectivity index (χ0) is 91.2. The Labute approximate surface area is 730 Å². The van der Waals surface area contributed by atoms with E-state index >= 15 is 24.0 Å². The minimum absolute atomic E-state index is 0.0663. The lowest BCUT2D eigenvalue weighted by molar-refractivity contribution is -0.334. The summed E-state index contributed by atoms with van der Waals surface area (Å²) in [6, 6.07) is 4.48. The number of nitrogens with zero attached hydrogens (tertiary/aromatic N) is 2. The van der Waals surface area contributed by atoms with Crippen molar-refractivity contribution in [2.24, 2.45) is 11.7 Å². The van der Waals surface area contributed by atoms with E-state index in [4.69, 9.17) is 69.0 Å². The van der Waals surface area contributed by atoms with Crippen molar-refractivity contribution in [1.82, 2.24) is 62.9 Å². The van der Waals surface area contributed by atoms with Crippen LogP contribution in [0.5, 0.6) is 46.0 Å². The largest absolute Gasteiger partial charge is 0.508 e. The maximum atomic E-state index is 16.3. The van der Waals surface area contributed by atoms with Gasteiger partial charge in [-0.3, -0.25) is 53.1 Å². The molecule has 9 amide bonds. The number of carbonyl (C=O) groups is 9. The van der Waals surface area contributed by atoms with E-state index in [1.807, 2.05) is 0 Å². The number of aromatic nitrogens is 2. The van der Waals surface area contributed by atoms with Crippen LogP contribution in [0.4, 0.5) is 10.2 Å². The van der Waals surface area contributed by atoms with Gasteiger partial charge in [0.15, 0.2) is 23.9 Å². The standard InChI is InChI=1S/C82H92Cl3FN14O26/c1-33(2)20-47(88-5)73(113)97-64-66(108)37-8-12-51(44(84)24-37)122-53-26-39-27-54(70(53)126-80-71(69(111)68(110)55(32-102)124-80)125-59-31-82(4,72(112)34(3)121-59)89-15-18-100-17-14-57(93-81(100)120)92-58(107)22-35-6-10-43(83)46(86)21-35)123-52-13-9-38(25-45(52)85)67(109)65-78(118)96-63(79(119)99-90-16-19-101)42-28-40(103)29-50(105)60(42)41-23-36(7-11-49(41)104)61(75(115)98-65)95-76(116)62(39)94-74(114)48(30-56(87)106)91-77(64)117/h6-14,17,21,23-29,33-34,47-48,55,59,61-69,71-72,80,88-90,101-105,108-112H,15-16,18-20,22,30-32H2,1-5H3,(H2,87,106)(H,91,117)(H,94,114)(H,95,116)(H,96,118)(H,97,113)(H,98,115)(H,99,119)(H,92,93,107,120). The number of phenols is 3. The number of aliphatic hydroxyl groups excluding tert-OH is 7. The van der Waals surface area contributed by atoms with Gasteiger partial charge in [-0.2, -0.15) is 4.98 Å². The Bertz CT molecular complexity index is 5390. The molecule has 7 aliphatic heterocycles. The number of amides is 9. The lowest BCUT2D eigenvalue weighted by Gasteiger charge is -2.48. The number of ether oxygens (including phenoxy) is 6. The zero-order valence-electron chi connectivity index (χ0n) is 67.6. The van der Waals surface area contributed by atoms with E-state index in [-0.39, 0.29) is 72.3 Å². The number of rotatable bonds is 23. The first-order chi connectivity index (χ1) is 59.8. The van der Waals surface area contributed by atoms with Crippen LogP contribution in [0.25, 0.3) is 11.1 Å². The van der Waals surface area contributed by atoms with E-state index in [1.165, 1.54) is 55.1 Å². The summed E-state index contributed by atoms with van der Waals surface area (Å²) in [6.45, 7) is 4.66. The average molecular weight is 1820 g/mol. The maximum Gasteiger partial charge on any atom is 0.349 e. The number of halogens is 4. The predicted molar refractivity (Wildman–Crippen MR) is 441 cm³/mol. The molecule has 2 fully saturated rings. The second-order valence-electron chi connectivity index (χ2n) is 31.1. The number of hydrogen-bond donors (Lipinski definition) is 22. The van der Waals surface area contributed by atoms with Gasteiger partial charge in [0.1, 0.15) is 107 Å². The summed E-state index contributed by atoms with van der Waals surface area (Å²) in [5, 5.41) is 139. The number of nitrogens with two attached hydrogens (primary N) is 1. The van der Waals surface area contributed by atoms with Gasteiger partial charge in [-0.05, 0) is 139 Å². The Morgan fingerprint density at radius 2 is 1.37 bits per heavy atom. The SMILES string of the molecule is CNC(CC(C)C)C(=O)NC1C(=O)NC(CC(N)=O)C(=O)NC2C(=O)NC3C(=O)NC(C(=O)NC(C(=O)NNCCO)c4cc(O)cc(O)c4-c4cc3ccc4O)C(O)c3ccc(c(Cl)c3)Oc3cc2cc(c3OC2OC(CO)C(O)C(O)C2OC2CC(C)(NCCn3ccc(NC(=O)Cc4ccc(Cl)c(F)c4)nc3=O)C(O)C(C)O2)Oc2ccc(cc2Cl)C1O. The molecule has 6 aromatic carbocycles. The molecule has 0 spiro atoms. The van der Waals surface area contributed by atoms with Crippen molar-refractivity contribution < 1.29 is 127 Å². The average Bonchev–Trinajstić information content (AvgIpc) is 0.765. The van der Waals surface area contributed by atoms with E-state index in [1.54, 1.807) is 20.8 Å². The van der Waals surface area contributed by atoms with Gasteiger partial charge in [0.2, 0.25) is 59.3 Å². The molecular weight excluding hydrogens is 1720 g/mol. The third-order valence-electron chi connectivity index (χ3n) is 21.6. The minimum Gasteiger partial charge on any atom is -0.508 e. The van der Waals surface area contributed by atoms with Crippen molar-refractivity contribution in [2.45, 2.75) is 169 Å². The summed E-state index contributed by atoms with van der Waals surface area (Å²) in [4.78, 5) is 150. The first kappa shape index (κ1) is 93.7. The molecule has 44 heteroatoms. The van der Waals surface area contributed by atoms with Gasteiger partial charge in [-0.25, -0.2) is 14.6 Å². The van der Waals surface area contributed by atoms with E-state index in [9.17, 15) is 79.4 Å². The number of likely N-dealkylation sites (N-methyl/N-ethyl adjacent to an activating group) is 1. The minimum atomic E-state index is -2.41. The van der Waals surface area contributed by atoms with Crippen molar-refractivity contribution in [2.75, 3.05) is 38.7 Å². The van der Waals surface area contributed by atoms with Gasteiger partial charge in [0.25, 0.3) is 5.91 Å². The highest BCUT2D eigenvalue weighted by molar-refractivity contribution is 6.32. The second kappa shape index (κ2) is 40.0. The Morgan fingerprint density at radius 1 is 0.714 bits per heavy atom. The topological polar surface area (TPSA) is 605 Å². The number of carbonyl (C=O) groups excluding carboxylic acids is 9. The summed E-state index contributed by atoms with van der Waals surface area (Å²) in [5.74, 6) is -17.1. The van der Waals surface area contributed by atoms with Crippen molar-refractivity contribution in [1.29, 1.82) is 0 Å². The maximum absolute atomic E-state index is 16.3. The van der Waals surface area contributed by atoms with Crippen LogP contribution >= 0.6 is 34.8 Å². The Balaban J connectivity index is 0.998. The molecule has 1 aromatic heterocycles. The lowest BCUT2D eigenvalue weighted by atomic mass is 9.85. The van der Waals surface area contributed by atoms with Gasteiger partial charge in [-0.1, -0.05) is 72.9 Å². The van der Waals surface area contributed by atoms with Crippen LogP contribution in [0.3, 0.4) is 0 Å². The number of hydrazine groups is 1. The molecule has 2 saturated heterocycles. The van der Waals surface area contributed by atoms with Crippen LogP contribution in [0, 0.1) is 11.7 Å². The number of primary amides is 1. The van der Waals surface area contributed by atoms with E-state index in [0.717, 1.165) is 72.8 Å². The highest BCUT2D eigenvalue weighted by Gasteiger charge is 2.52. The predicted octanol–water partition coefficient (Wildman–Crippen LogP) is 0.496. The number of fused-ring (bicyclic) bond motifs is 15. The number of aromatic hydroxyl groups is 3. The van der Waals surface area contributed by atoms with Gasteiger partial charge in [-0.15, -0.1) is 0 Å². The van der Waals surface area contributed by atoms with Crippen LogP contribution in [-0.2, 0) is 70.3 Å². The van der Waals surface area contributed by atoms with Crippen molar-refractivity contribution in [3.05, 3.63) is 174 Å². The fourth-order valence-corrected chi connectivity index (χ4v) is 15.7. The fraction of sp³-hybridized carbons (Fsp3) is 0.402. The molecule has 126 heavy (non-hydrogen) atoms. The summed E-state index contributed by atoms with van der Waals surface area (Å²) in [7, 11) is 1.46. The summed E-state index contributed by atoms with van der Waals surface area (Å²) >= 11 is 20.1. The van der Waals surface area contributed by atoms with Crippen molar-refractivity contribution in [3.8, 4) is 57.1 Å². The fourth-order valence-electron chi connectivity index (χ4n) is 15.1. The summed E-state index contributed by atoms with van der Waals surface area (Å²) in [5.41, 5.74) is 5.81. The van der Waals surface area contributed by atoms with Gasteiger partial charge in [0.05, 0.1) is 59.4 Å². The number of nitrogens with one attached hydrogen (secondary N) is 11. The molecule has 7 aromatic rings. The van der Waals surface area contributed by atoms with Gasteiger partial charge >= 0.3 is 5.69 Å². The third kappa shape index (κ3) is 21.3. The molecule has 0 aliphatic carbocycles. The third-order valence-corrected chi connectivity index (χ3v) is 22.5. The van der Waals surface area contributed by atoms with E-state index in [0.29, 0.717) is 5.56 Å². The Morgan fingerprint density at radius 3 is 2.01 bits per heavy atom. The van der Waals surface area contributed by atoms with E-state index < -0.39 is 272 Å². The summed E-state index contributed by atoms with van der Waals surface area (Å²) < 4.78 is 54.7. The second-order valence-corrected chi connectivity index (χ2v) is 32.3. The number of anilines is 1. The molecule has 0 saturated carbocycles. The van der Waals surface area contributed by atoms with Crippen LogP contribution in [-0.4, -0.2) is 226 Å². The Hall–Kier alpha value is -11.5. The van der Waals surface area contributed by atoms with Gasteiger partial charge in [0, 0.05) is 55.0 Å². The van der Waals surface area contributed by atoms with Crippen molar-refractivity contribution in [3.63, 3.8) is 0 Å². The molecule has 7 aliphatic rings. The number of phenolic OH excluding ortho intramolecular Hbond substituents is 3. The molecule has 14 rings (SSSR count). The zero-order valence-corrected chi connectivity index (χ0v) is 69.9. The number of aliphatic hydroxyl groups is 7. The molecule has 0 radical (unpaired) electrons. The number of benzene rings is 6. The monoisotopic (exact) mass is 1810 g/mol. The van der Waals surface area contributed by atoms with Crippen LogP contribution in [0.15, 0.2) is 114 Å². The molecule has 18 atom stereocenters. The van der Waals surface area contributed by atoms with Crippen LogP contribution < -0.4 is 84.3 Å². The van der Waals surface area contributed by atoms with Crippen LogP contribution in [0.1, 0.15) is 111 Å². The normalized spacial score (nSPS) is 25.8. The molecule has 8 heterocycles. The summed E-state index contributed by atoms with van der Waals surface area (Å²) in [6.07, 6.45) is -18.7. The highest BCUT2D eigenvalue weighted by Crippen LogP contribution is 2.50. The van der Waals surface area contributed by atoms with Gasteiger partial charge < -0.3 is 133 Å².